The van der Waals surface area contributed by atoms with Crippen LogP contribution < -0.4 is 0 Å². The van der Waals surface area contributed by atoms with Gasteiger partial charge in [0.2, 0.25) is 5.91 Å². The summed E-state index contributed by atoms with van der Waals surface area (Å²) in [7, 11) is 1.57. The van der Waals surface area contributed by atoms with Crippen molar-refractivity contribution in [3.8, 4) is 0 Å². The van der Waals surface area contributed by atoms with Crippen LogP contribution in [0.2, 0.25) is 0 Å². The number of benzene rings is 1. The van der Waals surface area contributed by atoms with Crippen LogP contribution in [-0.4, -0.2) is 50.6 Å². The number of rotatable bonds is 5. The zero-order chi connectivity index (χ0) is 18.8. The maximum atomic E-state index is 12.8. The Morgan fingerprint density at radius 3 is 2.89 bits per heavy atom. The molecule has 1 amide bonds. The Morgan fingerprint density at radius 2 is 2.11 bits per heavy atom. The fourth-order valence-electron chi connectivity index (χ4n) is 4.20. The van der Waals surface area contributed by atoms with E-state index in [1.165, 1.54) is 19.3 Å². The Balaban J connectivity index is 1.76. The Hall–Kier alpha value is -2.54. The molecule has 27 heavy (non-hydrogen) atoms. The van der Waals surface area contributed by atoms with E-state index in [1.54, 1.807) is 11.6 Å². The van der Waals surface area contributed by atoms with Crippen molar-refractivity contribution in [3.05, 3.63) is 35.4 Å². The molecule has 0 bridgehead atoms. The van der Waals surface area contributed by atoms with Crippen LogP contribution in [0.1, 0.15) is 43.2 Å². The maximum absolute atomic E-state index is 12.8. The van der Waals surface area contributed by atoms with E-state index >= 15 is 0 Å². The summed E-state index contributed by atoms with van der Waals surface area (Å²) in [5, 5.41) is 13.4. The molecule has 3 aromatic rings. The lowest BCUT2D eigenvalue weighted by atomic mass is 9.93. The SMILES string of the molecule is COCC(=O)N(Cc1cc2cccc(C)c2n2nnnc12)C1CCCCC1. The van der Waals surface area contributed by atoms with Gasteiger partial charge in [-0.05, 0) is 41.8 Å². The summed E-state index contributed by atoms with van der Waals surface area (Å²) >= 11 is 0. The van der Waals surface area contributed by atoms with E-state index in [4.69, 9.17) is 4.74 Å². The van der Waals surface area contributed by atoms with Crippen LogP contribution >= 0.6 is 0 Å². The number of carbonyl (C=O) groups is 1. The zero-order valence-electron chi connectivity index (χ0n) is 15.9. The van der Waals surface area contributed by atoms with E-state index in [2.05, 4.69) is 40.6 Å². The molecule has 4 rings (SSSR count). The predicted molar refractivity (Wildman–Crippen MR) is 102 cm³/mol. The van der Waals surface area contributed by atoms with Gasteiger partial charge in [0.15, 0.2) is 5.65 Å². The van der Waals surface area contributed by atoms with Crippen molar-refractivity contribution in [1.82, 2.24) is 24.9 Å². The minimum absolute atomic E-state index is 0.0272. The minimum Gasteiger partial charge on any atom is -0.375 e. The number of pyridine rings is 1. The lowest BCUT2D eigenvalue weighted by Crippen LogP contribution is -2.42. The first-order valence-corrected chi connectivity index (χ1v) is 9.56. The number of nitrogens with zero attached hydrogens (tertiary/aromatic N) is 5. The van der Waals surface area contributed by atoms with Crippen LogP contribution in [0, 0.1) is 6.92 Å². The summed E-state index contributed by atoms with van der Waals surface area (Å²) in [6.07, 6.45) is 5.67. The predicted octanol–water partition coefficient (Wildman–Crippen LogP) is 2.89. The van der Waals surface area contributed by atoms with E-state index in [0.717, 1.165) is 34.9 Å². The lowest BCUT2D eigenvalue weighted by molar-refractivity contribution is -0.139. The highest BCUT2D eigenvalue weighted by atomic mass is 16.5. The number of carbonyl (C=O) groups excluding carboxylic acids is 1. The van der Waals surface area contributed by atoms with Gasteiger partial charge in [0.05, 0.1) is 5.52 Å². The number of para-hydroxylation sites is 1. The fourth-order valence-corrected chi connectivity index (χ4v) is 4.20. The summed E-state index contributed by atoms with van der Waals surface area (Å²) in [6, 6.07) is 8.52. The van der Waals surface area contributed by atoms with Gasteiger partial charge in [0.1, 0.15) is 6.61 Å². The number of ether oxygens (including phenoxy) is 1. The second kappa shape index (κ2) is 7.60. The van der Waals surface area contributed by atoms with Crippen molar-refractivity contribution in [2.75, 3.05) is 13.7 Å². The third-order valence-electron chi connectivity index (χ3n) is 5.51. The van der Waals surface area contributed by atoms with Gasteiger partial charge in [-0.1, -0.05) is 37.5 Å². The molecule has 1 aliphatic carbocycles. The molecule has 2 aromatic heterocycles. The van der Waals surface area contributed by atoms with Crippen molar-refractivity contribution in [2.24, 2.45) is 0 Å². The fraction of sp³-hybridized carbons (Fsp3) is 0.500. The minimum atomic E-state index is 0.0272. The molecule has 1 aliphatic rings. The monoisotopic (exact) mass is 367 g/mol. The third-order valence-corrected chi connectivity index (χ3v) is 5.51. The Labute approximate surface area is 158 Å². The largest absolute Gasteiger partial charge is 0.375 e. The molecule has 0 N–H and O–H groups in total. The highest BCUT2D eigenvalue weighted by molar-refractivity contribution is 5.86. The average Bonchev–Trinajstić information content (AvgIpc) is 3.17. The van der Waals surface area contributed by atoms with Gasteiger partial charge in [-0.3, -0.25) is 4.79 Å². The Morgan fingerprint density at radius 1 is 1.30 bits per heavy atom. The Kier molecular flexibility index (Phi) is 5.03. The van der Waals surface area contributed by atoms with Crippen molar-refractivity contribution in [1.29, 1.82) is 0 Å². The normalized spacial score (nSPS) is 15.5. The van der Waals surface area contributed by atoms with E-state index < -0.39 is 0 Å². The number of hydrogen-bond acceptors (Lipinski definition) is 5. The first-order valence-electron chi connectivity index (χ1n) is 9.56. The summed E-state index contributed by atoms with van der Waals surface area (Å²) in [4.78, 5) is 14.7. The van der Waals surface area contributed by atoms with Crippen LogP contribution in [0.25, 0.3) is 16.6 Å². The van der Waals surface area contributed by atoms with E-state index in [-0.39, 0.29) is 18.6 Å². The number of aromatic nitrogens is 4. The number of fused-ring (bicyclic) bond motifs is 3. The first kappa shape index (κ1) is 17.9. The van der Waals surface area contributed by atoms with Gasteiger partial charge in [0.25, 0.3) is 0 Å². The highest BCUT2D eigenvalue weighted by Crippen LogP contribution is 2.27. The van der Waals surface area contributed by atoms with Gasteiger partial charge in [-0.2, -0.15) is 4.52 Å². The second-order valence-corrected chi connectivity index (χ2v) is 7.34. The molecule has 0 aliphatic heterocycles. The standard InChI is InChI=1S/C20H25N5O2/c1-14-7-6-8-15-11-16(20-21-22-23-25(20)19(14)15)12-24(18(26)13-27-2)17-9-4-3-5-10-17/h6-8,11,17H,3-5,9-10,12-13H2,1-2H3. The molecular weight excluding hydrogens is 342 g/mol. The molecule has 0 radical (unpaired) electrons. The molecule has 0 unspecified atom stereocenters. The number of hydrogen-bond donors (Lipinski definition) is 0. The smallest absolute Gasteiger partial charge is 0.249 e. The van der Waals surface area contributed by atoms with Crippen LogP contribution in [0.5, 0.6) is 0 Å². The lowest BCUT2D eigenvalue weighted by Gasteiger charge is -2.34. The van der Waals surface area contributed by atoms with E-state index in [0.29, 0.717) is 12.2 Å². The van der Waals surface area contributed by atoms with Crippen molar-refractivity contribution in [2.45, 2.75) is 51.6 Å². The molecule has 7 nitrogen and oxygen atoms in total. The van der Waals surface area contributed by atoms with Crippen molar-refractivity contribution >= 4 is 22.5 Å². The first-order chi connectivity index (χ1) is 13.2. The number of methoxy groups -OCH3 is 1. The number of aryl methyl sites for hydroxylation is 1. The van der Waals surface area contributed by atoms with Crippen molar-refractivity contribution < 1.29 is 9.53 Å². The van der Waals surface area contributed by atoms with Gasteiger partial charge in [-0.25, -0.2) is 0 Å². The summed E-state index contributed by atoms with van der Waals surface area (Å²) in [6.45, 7) is 2.66. The molecule has 1 aromatic carbocycles. The maximum Gasteiger partial charge on any atom is 0.249 e. The van der Waals surface area contributed by atoms with Gasteiger partial charge in [0, 0.05) is 30.6 Å². The molecule has 0 saturated heterocycles. The molecular formula is C20H25N5O2. The van der Waals surface area contributed by atoms with Gasteiger partial charge in [-0.15, -0.1) is 5.10 Å². The van der Waals surface area contributed by atoms with E-state index in [9.17, 15) is 4.79 Å². The van der Waals surface area contributed by atoms with E-state index in [1.807, 2.05) is 11.0 Å². The highest BCUT2D eigenvalue weighted by Gasteiger charge is 2.26. The second-order valence-electron chi connectivity index (χ2n) is 7.34. The quantitative estimate of drug-likeness (QED) is 0.693. The topological polar surface area (TPSA) is 72.6 Å². The summed E-state index contributed by atoms with van der Waals surface area (Å²) < 4.78 is 6.93. The molecule has 1 fully saturated rings. The molecule has 2 heterocycles. The number of amides is 1. The van der Waals surface area contributed by atoms with Gasteiger partial charge >= 0.3 is 0 Å². The van der Waals surface area contributed by atoms with Gasteiger partial charge < -0.3 is 9.64 Å². The Bertz CT molecular complexity index is 962. The summed E-state index contributed by atoms with van der Waals surface area (Å²) in [5.41, 5.74) is 3.81. The van der Waals surface area contributed by atoms with Crippen LogP contribution in [0.15, 0.2) is 24.3 Å². The molecule has 0 atom stereocenters. The average molecular weight is 367 g/mol. The zero-order valence-corrected chi connectivity index (χ0v) is 15.9. The molecule has 1 saturated carbocycles. The van der Waals surface area contributed by atoms with Crippen LogP contribution in [-0.2, 0) is 16.1 Å². The van der Waals surface area contributed by atoms with Crippen molar-refractivity contribution in [3.63, 3.8) is 0 Å². The van der Waals surface area contributed by atoms with Crippen LogP contribution in [0.4, 0.5) is 0 Å². The molecule has 142 valence electrons. The van der Waals surface area contributed by atoms with Crippen LogP contribution in [0.3, 0.4) is 0 Å². The summed E-state index contributed by atoms with van der Waals surface area (Å²) in [5.74, 6) is 0.0272. The molecule has 7 heteroatoms. The number of tetrazole rings is 1. The third kappa shape index (κ3) is 3.39. The molecule has 0 spiro atoms.